The van der Waals surface area contributed by atoms with Crippen LogP contribution in [-0.2, 0) is 6.61 Å². The lowest BCUT2D eigenvalue weighted by atomic mass is 10.1. The van der Waals surface area contributed by atoms with Crippen LogP contribution in [0.1, 0.15) is 5.56 Å². The second-order valence-corrected chi connectivity index (χ2v) is 4.97. The van der Waals surface area contributed by atoms with Crippen LogP contribution in [0, 0.1) is 4.77 Å². The molecule has 0 bridgehead atoms. The van der Waals surface area contributed by atoms with Crippen LogP contribution in [0.25, 0.3) is 11.3 Å². The van der Waals surface area contributed by atoms with E-state index in [1.165, 1.54) is 0 Å². The molecule has 0 aliphatic heterocycles. The molecule has 0 spiro atoms. The molecule has 3 aromatic rings. The zero-order valence-corrected chi connectivity index (χ0v) is 12.1. The molecule has 0 fully saturated rings. The Balaban J connectivity index is 1.71. The van der Waals surface area contributed by atoms with Gasteiger partial charge in [0.15, 0.2) is 4.77 Å². The molecule has 1 N–H and O–H groups in total. The van der Waals surface area contributed by atoms with Crippen molar-refractivity contribution >= 4 is 12.2 Å². The van der Waals surface area contributed by atoms with Crippen LogP contribution >= 0.6 is 12.2 Å². The molecule has 104 valence electrons. The first-order chi connectivity index (χ1) is 10.3. The van der Waals surface area contributed by atoms with Crippen molar-refractivity contribution in [3.8, 4) is 17.0 Å². The second-order valence-electron chi connectivity index (χ2n) is 4.59. The lowest BCUT2D eigenvalue weighted by Crippen LogP contribution is -1.94. The highest BCUT2D eigenvalue weighted by atomic mass is 32.1. The lowest BCUT2D eigenvalue weighted by Gasteiger charge is -2.07. The third-order valence-corrected chi connectivity index (χ3v) is 3.30. The monoisotopic (exact) mass is 294 g/mol. The van der Waals surface area contributed by atoms with Gasteiger partial charge in [0.25, 0.3) is 0 Å². The van der Waals surface area contributed by atoms with Gasteiger partial charge in [-0.25, -0.2) is 4.98 Å². The Morgan fingerprint density at radius 2 is 1.71 bits per heavy atom. The number of nitrogens with one attached hydrogen (secondary N) is 1. The number of aromatic amines is 1. The van der Waals surface area contributed by atoms with Crippen LogP contribution in [0.4, 0.5) is 0 Å². The number of H-pyrrole nitrogens is 1. The first kappa shape index (κ1) is 13.5. The van der Waals surface area contributed by atoms with Crippen molar-refractivity contribution in [1.29, 1.82) is 0 Å². The van der Waals surface area contributed by atoms with Crippen LogP contribution in [-0.4, -0.2) is 9.97 Å². The summed E-state index contributed by atoms with van der Waals surface area (Å²) in [5, 5.41) is 0. The van der Waals surface area contributed by atoms with Crippen LogP contribution < -0.4 is 4.74 Å². The van der Waals surface area contributed by atoms with Crippen molar-refractivity contribution in [2.45, 2.75) is 6.61 Å². The molecule has 2 aromatic carbocycles. The van der Waals surface area contributed by atoms with Gasteiger partial charge in [-0.2, -0.15) is 0 Å². The third kappa shape index (κ3) is 3.55. The van der Waals surface area contributed by atoms with Crippen molar-refractivity contribution in [2.75, 3.05) is 0 Å². The molecule has 0 atom stereocenters. The highest BCUT2D eigenvalue weighted by Gasteiger charge is 2.00. The third-order valence-electron chi connectivity index (χ3n) is 3.09. The Bertz CT molecular complexity index is 767. The highest BCUT2D eigenvalue weighted by molar-refractivity contribution is 7.71. The summed E-state index contributed by atoms with van der Waals surface area (Å²) in [6.45, 7) is 0.567. The fourth-order valence-corrected chi connectivity index (χ4v) is 2.18. The number of ether oxygens (including phenoxy) is 1. The van der Waals surface area contributed by atoms with Crippen LogP contribution in [0.3, 0.4) is 0 Å². The summed E-state index contributed by atoms with van der Waals surface area (Å²) in [4.78, 5) is 7.04. The van der Waals surface area contributed by atoms with Crippen LogP contribution in [0.15, 0.2) is 66.9 Å². The summed E-state index contributed by atoms with van der Waals surface area (Å²) >= 11 is 5.03. The predicted octanol–water partition coefficient (Wildman–Crippen LogP) is 4.39. The van der Waals surface area contributed by atoms with Gasteiger partial charge >= 0.3 is 0 Å². The number of nitrogens with zero attached hydrogens (tertiary/aromatic N) is 1. The zero-order chi connectivity index (χ0) is 14.5. The Kier molecular flexibility index (Phi) is 4.07. The largest absolute Gasteiger partial charge is 0.489 e. The summed E-state index contributed by atoms with van der Waals surface area (Å²) in [5.74, 6) is 0.843. The van der Waals surface area contributed by atoms with Crippen molar-refractivity contribution in [3.63, 3.8) is 0 Å². The molecule has 3 nitrogen and oxygen atoms in total. The van der Waals surface area contributed by atoms with Gasteiger partial charge in [0.1, 0.15) is 12.4 Å². The standard InChI is InChI=1S/C17H14N2OS/c21-17-18-11-10-16(19-17)14-6-8-15(9-7-14)20-12-13-4-2-1-3-5-13/h1-11H,12H2,(H,18,19,21). The summed E-state index contributed by atoms with van der Waals surface area (Å²) in [7, 11) is 0. The Hall–Kier alpha value is -2.46. The van der Waals surface area contributed by atoms with E-state index in [1.807, 2.05) is 60.7 Å². The quantitative estimate of drug-likeness (QED) is 0.725. The molecular weight excluding hydrogens is 280 g/mol. The van der Waals surface area contributed by atoms with E-state index in [4.69, 9.17) is 17.0 Å². The van der Waals surface area contributed by atoms with Gasteiger partial charge in [0.05, 0.1) is 0 Å². The lowest BCUT2D eigenvalue weighted by molar-refractivity contribution is 0.306. The number of benzene rings is 2. The first-order valence-corrected chi connectivity index (χ1v) is 7.04. The smallest absolute Gasteiger partial charge is 0.197 e. The maximum Gasteiger partial charge on any atom is 0.197 e. The van der Waals surface area contributed by atoms with E-state index in [1.54, 1.807) is 6.20 Å². The van der Waals surface area contributed by atoms with E-state index in [9.17, 15) is 0 Å². The Labute approximate surface area is 128 Å². The second kappa shape index (κ2) is 6.33. The predicted molar refractivity (Wildman–Crippen MR) is 85.6 cm³/mol. The Morgan fingerprint density at radius 3 is 2.43 bits per heavy atom. The van der Waals surface area contributed by atoms with Crippen molar-refractivity contribution in [3.05, 3.63) is 77.2 Å². The van der Waals surface area contributed by atoms with E-state index >= 15 is 0 Å². The molecule has 1 heterocycles. The van der Waals surface area contributed by atoms with E-state index < -0.39 is 0 Å². The SMILES string of the molecule is S=c1nccc(-c2ccc(OCc3ccccc3)cc2)[nH]1. The number of aromatic nitrogens is 2. The normalized spacial score (nSPS) is 10.3. The van der Waals surface area contributed by atoms with Gasteiger partial charge in [-0.15, -0.1) is 0 Å². The minimum absolute atomic E-state index is 0.483. The summed E-state index contributed by atoms with van der Waals surface area (Å²) in [5.41, 5.74) is 3.15. The molecule has 21 heavy (non-hydrogen) atoms. The molecule has 0 radical (unpaired) electrons. The first-order valence-electron chi connectivity index (χ1n) is 6.64. The number of hydrogen-bond acceptors (Lipinski definition) is 3. The average Bonchev–Trinajstić information content (AvgIpc) is 2.54. The summed E-state index contributed by atoms with van der Waals surface area (Å²) < 4.78 is 6.25. The molecule has 0 saturated heterocycles. The fraction of sp³-hybridized carbons (Fsp3) is 0.0588. The molecule has 0 aliphatic carbocycles. The van der Waals surface area contributed by atoms with E-state index in [0.717, 1.165) is 22.6 Å². The van der Waals surface area contributed by atoms with Crippen molar-refractivity contribution in [1.82, 2.24) is 9.97 Å². The van der Waals surface area contributed by atoms with Gasteiger partial charge in [0.2, 0.25) is 0 Å². The van der Waals surface area contributed by atoms with E-state index in [2.05, 4.69) is 9.97 Å². The van der Waals surface area contributed by atoms with Crippen LogP contribution in [0.5, 0.6) is 5.75 Å². The average molecular weight is 294 g/mol. The molecule has 0 amide bonds. The van der Waals surface area contributed by atoms with Gasteiger partial charge in [-0.3, -0.25) is 0 Å². The number of hydrogen-bond donors (Lipinski definition) is 1. The molecule has 0 aliphatic rings. The maximum atomic E-state index is 5.76. The molecule has 0 unspecified atom stereocenters. The van der Waals surface area contributed by atoms with Crippen molar-refractivity contribution in [2.24, 2.45) is 0 Å². The summed E-state index contributed by atoms with van der Waals surface area (Å²) in [6.07, 6.45) is 1.70. The molecule has 0 saturated carbocycles. The molecule has 1 aromatic heterocycles. The van der Waals surface area contributed by atoms with Crippen LogP contribution in [0.2, 0.25) is 0 Å². The van der Waals surface area contributed by atoms with Gasteiger partial charge in [-0.05, 0) is 53.7 Å². The van der Waals surface area contributed by atoms with E-state index in [-0.39, 0.29) is 0 Å². The van der Waals surface area contributed by atoms with Gasteiger partial charge in [0, 0.05) is 11.9 Å². The van der Waals surface area contributed by atoms with Crippen molar-refractivity contribution < 1.29 is 4.74 Å². The van der Waals surface area contributed by atoms with E-state index in [0.29, 0.717) is 11.4 Å². The zero-order valence-electron chi connectivity index (χ0n) is 11.3. The number of rotatable bonds is 4. The molecular formula is C17H14N2OS. The fourth-order valence-electron chi connectivity index (χ4n) is 2.01. The minimum atomic E-state index is 0.483. The minimum Gasteiger partial charge on any atom is -0.489 e. The molecule has 4 heteroatoms. The topological polar surface area (TPSA) is 37.9 Å². The molecule has 3 rings (SSSR count). The maximum absolute atomic E-state index is 5.76. The van der Waals surface area contributed by atoms with Gasteiger partial charge in [-0.1, -0.05) is 30.3 Å². The highest BCUT2D eigenvalue weighted by Crippen LogP contribution is 2.20. The summed E-state index contributed by atoms with van der Waals surface area (Å²) in [6, 6.07) is 19.9. The van der Waals surface area contributed by atoms with Gasteiger partial charge < -0.3 is 9.72 Å². The Morgan fingerprint density at radius 1 is 0.952 bits per heavy atom.